The van der Waals surface area contributed by atoms with E-state index in [2.05, 4.69) is 232 Å². The van der Waals surface area contributed by atoms with Gasteiger partial charge in [-0.05, 0) is 96.4 Å². The van der Waals surface area contributed by atoms with Gasteiger partial charge < -0.3 is 18.3 Å². The van der Waals surface area contributed by atoms with Crippen LogP contribution in [-0.2, 0) is 0 Å². The van der Waals surface area contributed by atoms with Gasteiger partial charge in [-0.3, -0.25) is 0 Å². The molecule has 0 N–H and O–H groups in total. The number of nitrogens with zero attached hydrogens (tertiary/aromatic N) is 4. The highest BCUT2D eigenvalue weighted by molar-refractivity contribution is 6.26. The monoisotopic (exact) mass is 780 g/mol. The summed E-state index contributed by atoms with van der Waals surface area (Å²) >= 11 is 0. The maximum absolute atomic E-state index is 2.51. The van der Waals surface area contributed by atoms with Gasteiger partial charge in [0.05, 0.1) is 44.1 Å². The normalized spacial score (nSPS) is 12.2. The summed E-state index contributed by atoms with van der Waals surface area (Å²) in [5.74, 6) is 0.308. The van der Waals surface area contributed by atoms with E-state index in [1.54, 1.807) is 0 Å². The van der Waals surface area contributed by atoms with Gasteiger partial charge in [-0.2, -0.15) is 0 Å². The van der Waals surface area contributed by atoms with Crippen LogP contribution < -0.4 is 0 Å². The van der Waals surface area contributed by atoms with Crippen molar-refractivity contribution >= 4 is 87.2 Å². The fourth-order valence-electron chi connectivity index (χ4n) is 10.4. The third kappa shape index (κ3) is 4.82. The molecular weight excluding hydrogens is 741 g/mol. The van der Waals surface area contributed by atoms with Crippen LogP contribution in [0.4, 0.5) is 0 Å². The lowest BCUT2D eigenvalue weighted by Crippen LogP contribution is -2.02. The molecule has 0 amide bonds. The molecule has 0 saturated heterocycles. The molecular formula is C57H40N4. The first-order valence-electron chi connectivity index (χ1n) is 21.3. The first-order valence-corrected chi connectivity index (χ1v) is 21.3. The standard InChI is InChI=1S/C57H40N4/c1-36(2)37-31-40(59-52-28-16-12-24-46(52)56-53(59)30-29-45-42-21-9-15-27-51(42)61(57(45)56)39-19-7-4-8-20-39)33-41(32-37)60-50-26-14-11-23-44(50)48-34-54-47(35-55(48)60)43-22-10-13-25-49(43)58(54)38-17-5-3-6-18-38/h3-36H,1-2H3. The SMILES string of the molecule is CC(C)c1cc(-n2c3ccccc3c3cc4c(cc32)c2ccccc2n4-c2ccccc2)cc(-n2c3ccccc3c3c2ccc2c4ccccc4n(-c4ccccc4)c23)c1. The number of aromatic nitrogens is 4. The Hall–Kier alpha value is -7.82. The molecule has 0 unspecified atom stereocenters. The van der Waals surface area contributed by atoms with Crippen LogP contribution in [0.2, 0.25) is 0 Å². The average Bonchev–Trinajstić information content (AvgIpc) is 4.03. The molecule has 0 saturated carbocycles. The van der Waals surface area contributed by atoms with E-state index >= 15 is 0 Å². The zero-order valence-corrected chi connectivity index (χ0v) is 33.9. The Balaban J connectivity index is 1.13. The Morgan fingerprint density at radius 3 is 1.23 bits per heavy atom. The Labute approximate surface area is 352 Å². The van der Waals surface area contributed by atoms with Gasteiger partial charge >= 0.3 is 0 Å². The van der Waals surface area contributed by atoms with Crippen molar-refractivity contribution in [3.8, 4) is 22.7 Å². The van der Waals surface area contributed by atoms with Crippen LogP contribution in [0.15, 0.2) is 200 Å². The molecule has 288 valence electrons. The summed E-state index contributed by atoms with van der Waals surface area (Å²) in [6.45, 7) is 4.62. The van der Waals surface area contributed by atoms with E-state index in [9.17, 15) is 0 Å². The lowest BCUT2D eigenvalue weighted by Gasteiger charge is -2.17. The summed E-state index contributed by atoms with van der Waals surface area (Å²) < 4.78 is 9.90. The van der Waals surface area contributed by atoms with E-state index < -0.39 is 0 Å². The summed E-state index contributed by atoms with van der Waals surface area (Å²) in [4.78, 5) is 0. The fourth-order valence-corrected chi connectivity index (χ4v) is 10.4. The van der Waals surface area contributed by atoms with E-state index in [0.29, 0.717) is 5.92 Å². The molecule has 0 aliphatic carbocycles. The molecule has 13 aromatic rings. The topological polar surface area (TPSA) is 19.7 Å². The zero-order valence-electron chi connectivity index (χ0n) is 33.9. The number of hydrogen-bond acceptors (Lipinski definition) is 0. The summed E-state index contributed by atoms with van der Waals surface area (Å²) in [7, 11) is 0. The average molecular weight is 781 g/mol. The minimum Gasteiger partial charge on any atom is -0.309 e. The summed E-state index contributed by atoms with van der Waals surface area (Å²) in [5.41, 5.74) is 15.6. The highest BCUT2D eigenvalue weighted by Gasteiger charge is 2.23. The second-order valence-corrected chi connectivity index (χ2v) is 16.8. The molecule has 13 rings (SSSR count). The Kier molecular flexibility index (Phi) is 7.17. The van der Waals surface area contributed by atoms with Crippen LogP contribution in [-0.4, -0.2) is 18.3 Å². The van der Waals surface area contributed by atoms with Gasteiger partial charge in [-0.15, -0.1) is 0 Å². The lowest BCUT2D eigenvalue weighted by atomic mass is 10.0. The lowest BCUT2D eigenvalue weighted by molar-refractivity contribution is 0.862. The van der Waals surface area contributed by atoms with Crippen molar-refractivity contribution < 1.29 is 0 Å². The smallest absolute Gasteiger partial charge is 0.0641 e. The van der Waals surface area contributed by atoms with Gasteiger partial charge in [-0.1, -0.05) is 129 Å². The quantitative estimate of drug-likeness (QED) is 0.166. The minimum atomic E-state index is 0.308. The van der Waals surface area contributed by atoms with Gasteiger partial charge in [0.2, 0.25) is 0 Å². The second-order valence-electron chi connectivity index (χ2n) is 16.8. The Bertz CT molecular complexity index is 3890. The van der Waals surface area contributed by atoms with Crippen LogP contribution in [0.1, 0.15) is 25.3 Å². The third-order valence-corrected chi connectivity index (χ3v) is 13.1. The first kappa shape index (κ1) is 34.1. The van der Waals surface area contributed by atoms with E-state index in [4.69, 9.17) is 0 Å². The van der Waals surface area contributed by atoms with Crippen LogP contribution in [0, 0.1) is 0 Å². The van der Waals surface area contributed by atoms with Crippen LogP contribution >= 0.6 is 0 Å². The van der Waals surface area contributed by atoms with Crippen molar-refractivity contribution in [3.63, 3.8) is 0 Å². The first-order chi connectivity index (χ1) is 30.1. The van der Waals surface area contributed by atoms with E-state index in [0.717, 1.165) is 17.1 Å². The van der Waals surface area contributed by atoms with Crippen molar-refractivity contribution in [2.45, 2.75) is 19.8 Å². The van der Waals surface area contributed by atoms with Crippen molar-refractivity contribution in [3.05, 3.63) is 206 Å². The highest BCUT2D eigenvalue weighted by Crippen LogP contribution is 2.44. The summed E-state index contributed by atoms with van der Waals surface area (Å²) in [5, 5.41) is 10.0. The second kappa shape index (κ2) is 12.8. The molecule has 0 spiro atoms. The van der Waals surface area contributed by atoms with E-state index in [-0.39, 0.29) is 0 Å². The number of para-hydroxylation sites is 6. The molecule has 4 nitrogen and oxygen atoms in total. The van der Waals surface area contributed by atoms with Crippen molar-refractivity contribution in [2.24, 2.45) is 0 Å². The molecule has 4 aromatic heterocycles. The molecule has 4 heteroatoms. The van der Waals surface area contributed by atoms with Crippen molar-refractivity contribution in [1.82, 2.24) is 18.3 Å². The van der Waals surface area contributed by atoms with Gasteiger partial charge in [0.25, 0.3) is 0 Å². The molecule has 0 fully saturated rings. The van der Waals surface area contributed by atoms with E-state index in [1.165, 1.54) is 98.5 Å². The van der Waals surface area contributed by atoms with Gasteiger partial charge in [0.15, 0.2) is 0 Å². The van der Waals surface area contributed by atoms with Crippen LogP contribution in [0.25, 0.3) is 110 Å². The van der Waals surface area contributed by atoms with Gasteiger partial charge in [0.1, 0.15) is 0 Å². The van der Waals surface area contributed by atoms with Crippen molar-refractivity contribution in [2.75, 3.05) is 0 Å². The molecule has 9 aromatic carbocycles. The maximum Gasteiger partial charge on any atom is 0.0641 e. The van der Waals surface area contributed by atoms with Crippen LogP contribution in [0.5, 0.6) is 0 Å². The summed E-state index contributed by atoms with van der Waals surface area (Å²) in [6, 6.07) is 73.9. The summed E-state index contributed by atoms with van der Waals surface area (Å²) in [6.07, 6.45) is 0. The highest BCUT2D eigenvalue weighted by atomic mass is 15.0. The maximum atomic E-state index is 2.51. The predicted octanol–water partition coefficient (Wildman–Crippen LogP) is 15.2. The molecule has 61 heavy (non-hydrogen) atoms. The predicted molar refractivity (Wildman–Crippen MR) is 258 cm³/mol. The number of hydrogen-bond donors (Lipinski definition) is 0. The third-order valence-electron chi connectivity index (χ3n) is 13.1. The Morgan fingerprint density at radius 2 is 0.689 bits per heavy atom. The van der Waals surface area contributed by atoms with Gasteiger partial charge in [0, 0.05) is 65.8 Å². The Morgan fingerprint density at radius 1 is 0.279 bits per heavy atom. The number of fused-ring (bicyclic) bond motifs is 13. The van der Waals surface area contributed by atoms with Crippen molar-refractivity contribution in [1.29, 1.82) is 0 Å². The molecule has 4 heterocycles. The fraction of sp³-hybridized carbons (Fsp3) is 0.0526. The molecule has 0 bridgehead atoms. The molecule has 0 radical (unpaired) electrons. The number of benzene rings is 9. The number of rotatable bonds is 5. The molecule has 0 atom stereocenters. The zero-order chi connectivity index (χ0) is 40.3. The molecule has 0 aliphatic heterocycles. The largest absolute Gasteiger partial charge is 0.309 e. The van der Waals surface area contributed by atoms with E-state index in [1.807, 2.05) is 0 Å². The minimum absolute atomic E-state index is 0.308. The van der Waals surface area contributed by atoms with Gasteiger partial charge in [-0.25, -0.2) is 0 Å². The van der Waals surface area contributed by atoms with Crippen LogP contribution in [0.3, 0.4) is 0 Å². The molecule has 0 aliphatic rings.